The number of carbonyl (C=O) groups excluding carboxylic acids is 2. The van der Waals surface area contributed by atoms with Gasteiger partial charge in [-0.2, -0.15) is 5.26 Å². The molecular weight excluding hydrogens is 367 g/mol. The molecule has 0 saturated heterocycles. The topological polar surface area (TPSA) is 79.2 Å². The lowest BCUT2D eigenvalue weighted by Gasteiger charge is -2.11. The number of thiophene rings is 1. The number of rotatable bonds is 5. The second kappa shape index (κ2) is 8.42. The van der Waals surface area contributed by atoms with Crippen LogP contribution in [-0.2, 0) is 14.3 Å². The predicted octanol–water partition coefficient (Wildman–Crippen LogP) is 4.00. The molecule has 0 aliphatic heterocycles. The van der Waals surface area contributed by atoms with Gasteiger partial charge in [0.05, 0.1) is 10.6 Å². The SMILES string of the molecule is C[C@@H](OC(=O)/C=C/c1ccc(F)c(Cl)c1)C(=O)Nc1sccc1C#N. The third-order valence-corrected chi connectivity index (χ3v) is 4.16. The van der Waals surface area contributed by atoms with Crippen LogP contribution in [-0.4, -0.2) is 18.0 Å². The maximum atomic E-state index is 13.1. The van der Waals surface area contributed by atoms with Crippen molar-refractivity contribution in [1.29, 1.82) is 5.26 Å². The Balaban J connectivity index is 1.93. The van der Waals surface area contributed by atoms with Crippen molar-refractivity contribution in [3.05, 3.63) is 57.7 Å². The molecular formula is C17H12ClFN2O3S. The molecule has 1 N–H and O–H groups in total. The fraction of sp³-hybridized carbons (Fsp3) is 0.118. The molecule has 128 valence electrons. The van der Waals surface area contributed by atoms with E-state index >= 15 is 0 Å². The quantitative estimate of drug-likeness (QED) is 0.630. The molecule has 1 heterocycles. The minimum Gasteiger partial charge on any atom is -0.449 e. The van der Waals surface area contributed by atoms with Crippen molar-refractivity contribution in [3.63, 3.8) is 0 Å². The van der Waals surface area contributed by atoms with Crippen molar-refractivity contribution in [2.75, 3.05) is 5.32 Å². The van der Waals surface area contributed by atoms with Gasteiger partial charge in [0, 0.05) is 6.08 Å². The fourth-order valence-electron chi connectivity index (χ4n) is 1.75. The normalized spacial score (nSPS) is 11.8. The second-order valence-electron chi connectivity index (χ2n) is 4.85. The average molecular weight is 379 g/mol. The highest BCUT2D eigenvalue weighted by Crippen LogP contribution is 2.22. The van der Waals surface area contributed by atoms with Crippen molar-refractivity contribution in [2.45, 2.75) is 13.0 Å². The number of halogens is 2. The summed E-state index contributed by atoms with van der Waals surface area (Å²) in [5, 5.41) is 13.4. The molecule has 0 radical (unpaired) electrons. The number of ether oxygens (including phenoxy) is 1. The van der Waals surface area contributed by atoms with E-state index in [4.69, 9.17) is 21.6 Å². The molecule has 0 spiro atoms. The molecule has 1 aromatic carbocycles. The van der Waals surface area contributed by atoms with Crippen LogP contribution in [0.3, 0.4) is 0 Å². The van der Waals surface area contributed by atoms with Gasteiger partial charge < -0.3 is 10.1 Å². The third kappa shape index (κ3) is 5.14. The highest BCUT2D eigenvalue weighted by Gasteiger charge is 2.18. The zero-order valence-electron chi connectivity index (χ0n) is 13.0. The zero-order chi connectivity index (χ0) is 18.4. The van der Waals surface area contributed by atoms with Crippen molar-refractivity contribution < 1.29 is 18.7 Å². The van der Waals surface area contributed by atoms with E-state index in [0.717, 1.165) is 6.08 Å². The van der Waals surface area contributed by atoms with E-state index in [1.165, 1.54) is 42.5 Å². The molecule has 0 aliphatic rings. The van der Waals surface area contributed by atoms with Gasteiger partial charge in [0.15, 0.2) is 6.10 Å². The third-order valence-electron chi connectivity index (χ3n) is 3.04. The highest BCUT2D eigenvalue weighted by molar-refractivity contribution is 7.14. The zero-order valence-corrected chi connectivity index (χ0v) is 14.5. The Morgan fingerprint density at radius 3 is 2.88 bits per heavy atom. The Morgan fingerprint density at radius 1 is 1.44 bits per heavy atom. The molecule has 0 saturated carbocycles. The van der Waals surface area contributed by atoms with Gasteiger partial charge in [0.1, 0.15) is 16.9 Å². The Kier molecular flexibility index (Phi) is 6.28. The molecule has 0 unspecified atom stereocenters. The second-order valence-corrected chi connectivity index (χ2v) is 6.17. The largest absolute Gasteiger partial charge is 0.449 e. The van der Waals surface area contributed by atoms with Crippen LogP contribution in [0.5, 0.6) is 0 Å². The molecule has 25 heavy (non-hydrogen) atoms. The summed E-state index contributed by atoms with van der Waals surface area (Å²) in [6, 6.07) is 7.51. The molecule has 2 aromatic rings. The van der Waals surface area contributed by atoms with Gasteiger partial charge in [0.2, 0.25) is 0 Å². The summed E-state index contributed by atoms with van der Waals surface area (Å²) in [7, 11) is 0. The minimum atomic E-state index is -1.05. The van der Waals surface area contributed by atoms with Gasteiger partial charge in [0.25, 0.3) is 5.91 Å². The molecule has 0 aliphatic carbocycles. The van der Waals surface area contributed by atoms with Crippen LogP contribution in [0.4, 0.5) is 9.39 Å². The van der Waals surface area contributed by atoms with Crippen molar-refractivity contribution >= 4 is 45.9 Å². The van der Waals surface area contributed by atoms with Crippen LogP contribution in [0.15, 0.2) is 35.7 Å². The van der Waals surface area contributed by atoms with E-state index in [0.29, 0.717) is 16.1 Å². The van der Waals surface area contributed by atoms with Gasteiger partial charge in [-0.1, -0.05) is 17.7 Å². The molecule has 0 fully saturated rings. The number of amides is 1. The van der Waals surface area contributed by atoms with Gasteiger partial charge in [-0.05, 0) is 42.1 Å². The fourth-order valence-corrected chi connectivity index (χ4v) is 2.68. The number of nitriles is 1. The van der Waals surface area contributed by atoms with Crippen LogP contribution in [0.1, 0.15) is 18.1 Å². The number of benzene rings is 1. The summed E-state index contributed by atoms with van der Waals surface area (Å²) >= 11 is 6.84. The number of carbonyl (C=O) groups is 2. The maximum Gasteiger partial charge on any atom is 0.331 e. The molecule has 1 aromatic heterocycles. The standard InChI is InChI=1S/C17H12ClFN2O3S/c1-10(16(23)21-17-12(9-20)6-7-25-17)24-15(22)5-3-11-2-4-14(19)13(18)8-11/h2-8,10H,1H3,(H,21,23)/b5-3+/t10-/m1/s1. The summed E-state index contributed by atoms with van der Waals surface area (Å²) in [5.41, 5.74) is 0.850. The Bertz CT molecular complexity index is 873. The summed E-state index contributed by atoms with van der Waals surface area (Å²) in [4.78, 5) is 23.8. The summed E-state index contributed by atoms with van der Waals surface area (Å²) in [5.74, 6) is -1.85. The smallest absolute Gasteiger partial charge is 0.331 e. The summed E-state index contributed by atoms with van der Waals surface area (Å²) in [6.45, 7) is 1.41. The first kappa shape index (κ1) is 18.6. The lowest BCUT2D eigenvalue weighted by Crippen LogP contribution is -2.29. The van der Waals surface area contributed by atoms with Gasteiger partial charge in [-0.15, -0.1) is 11.3 Å². The van der Waals surface area contributed by atoms with Crippen LogP contribution in [0, 0.1) is 17.1 Å². The minimum absolute atomic E-state index is 0.0625. The number of nitrogens with one attached hydrogen (secondary N) is 1. The summed E-state index contributed by atoms with van der Waals surface area (Å²) in [6.07, 6.45) is 1.45. The van der Waals surface area contributed by atoms with E-state index in [9.17, 15) is 14.0 Å². The predicted molar refractivity (Wildman–Crippen MR) is 93.7 cm³/mol. The van der Waals surface area contributed by atoms with Gasteiger partial charge in [-0.25, -0.2) is 9.18 Å². The van der Waals surface area contributed by atoms with Crippen molar-refractivity contribution in [1.82, 2.24) is 0 Å². The van der Waals surface area contributed by atoms with Gasteiger partial charge >= 0.3 is 5.97 Å². The first-order chi connectivity index (χ1) is 11.9. The molecule has 1 amide bonds. The van der Waals surface area contributed by atoms with Crippen LogP contribution >= 0.6 is 22.9 Å². The Labute approximate surface area is 152 Å². The number of esters is 1. The molecule has 8 heteroatoms. The van der Waals surface area contributed by atoms with Gasteiger partial charge in [-0.3, -0.25) is 4.79 Å². The van der Waals surface area contributed by atoms with Crippen molar-refractivity contribution in [2.24, 2.45) is 0 Å². The van der Waals surface area contributed by atoms with Crippen LogP contribution < -0.4 is 5.32 Å². The average Bonchev–Trinajstić information content (AvgIpc) is 3.03. The van der Waals surface area contributed by atoms with E-state index in [2.05, 4.69) is 5.32 Å². The van der Waals surface area contributed by atoms with E-state index in [1.54, 1.807) is 11.4 Å². The van der Waals surface area contributed by atoms with Crippen molar-refractivity contribution in [3.8, 4) is 6.07 Å². The molecule has 5 nitrogen and oxygen atoms in total. The lowest BCUT2D eigenvalue weighted by molar-refractivity contribution is -0.148. The molecule has 2 rings (SSSR count). The monoisotopic (exact) mass is 378 g/mol. The van der Waals surface area contributed by atoms with E-state index in [1.807, 2.05) is 6.07 Å². The number of anilines is 1. The van der Waals surface area contributed by atoms with Crippen LogP contribution in [0.2, 0.25) is 5.02 Å². The Morgan fingerprint density at radius 2 is 2.20 bits per heavy atom. The Hall–Kier alpha value is -2.69. The number of nitrogens with zero attached hydrogens (tertiary/aromatic N) is 1. The molecule has 1 atom stereocenters. The van der Waals surface area contributed by atoms with Crippen LogP contribution in [0.25, 0.3) is 6.08 Å². The summed E-state index contributed by atoms with van der Waals surface area (Å²) < 4.78 is 18.0. The first-order valence-electron chi connectivity index (χ1n) is 7.03. The number of hydrogen-bond acceptors (Lipinski definition) is 5. The maximum absolute atomic E-state index is 13.1. The lowest BCUT2D eigenvalue weighted by atomic mass is 10.2. The first-order valence-corrected chi connectivity index (χ1v) is 8.28. The molecule has 0 bridgehead atoms. The number of hydrogen-bond donors (Lipinski definition) is 1. The highest BCUT2D eigenvalue weighted by atomic mass is 35.5. The van der Waals surface area contributed by atoms with E-state index in [-0.39, 0.29) is 5.02 Å². The van der Waals surface area contributed by atoms with E-state index < -0.39 is 23.8 Å².